The molecule has 138 valence electrons. The predicted octanol–water partition coefficient (Wildman–Crippen LogP) is 1.25. The molecule has 7 heteroatoms. The number of nitrogens with two attached hydrogens (primary N) is 1. The summed E-state index contributed by atoms with van der Waals surface area (Å²) in [6.45, 7) is 7.30. The van der Waals surface area contributed by atoms with Crippen LogP contribution in [0, 0.1) is 6.92 Å². The first-order chi connectivity index (χ1) is 11.9. The van der Waals surface area contributed by atoms with Gasteiger partial charge in [-0.1, -0.05) is 6.42 Å². The van der Waals surface area contributed by atoms with Crippen LogP contribution in [0.4, 0.5) is 0 Å². The molecule has 0 aliphatic carbocycles. The standard InChI is InChI=1S/C18H29N5O2/c1-12(2)23-9-5-4-6-16(23)15-10-14(21-13(3)22-15)7-8-18(25)20-11-17(19)24/h10,12,16H,4-9,11H2,1-3H3,(H2,19,24)(H,20,25). The lowest BCUT2D eigenvalue weighted by Crippen LogP contribution is -2.39. The summed E-state index contributed by atoms with van der Waals surface area (Å²) in [5.74, 6) is -0.00277. The zero-order valence-corrected chi connectivity index (χ0v) is 15.4. The van der Waals surface area contributed by atoms with Crippen LogP contribution in [-0.2, 0) is 16.0 Å². The smallest absolute Gasteiger partial charge is 0.236 e. The molecule has 1 aromatic rings. The van der Waals surface area contributed by atoms with E-state index in [1.165, 1.54) is 12.8 Å². The van der Waals surface area contributed by atoms with E-state index in [0.29, 0.717) is 18.5 Å². The van der Waals surface area contributed by atoms with Gasteiger partial charge in [0.15, 0.2) is 0 Å². The number of likely N-dealkylation sites (tertiary alicyclic amines) is 1. The van der Waals surface area contributed by atoms with Gasteiger partial charge in [-0.05, 0) is 52.6 Å². The monoisotopic (exact) mass is 347 g/mol. The summed E-state index contributed by atoms with van der Waals surface area (Å²) >= 11 is 0. The normalized spacial score (nSPS) is 18.3. The number of nitrogens with zero attached hydrogens (tertiary/aromatic N) is 3. The molecule has 0 aromatic carbocycles. The predicted molar refractivity (Wildman–Crippen MR) is 95.7 cm³/mol. The third-order valence-corrected chi connectivity index (χ3v) is 4.53. The lowest BCUT2D eigenvalue weighted by molar-refractivity contribution is -0.124. The fourth-order valence-corrected chi connectivity index (χ4v) is 3.36. The Kier molecular flexibility index (Phi) is 6.87. The molecule has 0 bridgehead atoms. The second-order valence-electron chi connectivity index (χ2n) is 6.92. The molecule has 0 saturated carbocycles. The summed E-state index contributed by atoms with van der Waals surface area (Å²) in [7, 11) is 0. The number of primary amides is 1. The minimum Gasteiger partial charge on any atom is -0.368 e. The molecule has 2 rings (SSSR count). The van der Waals surface area contributed by atoms with Crippen LogP contribution in [0.1, 0.15) is 62.8 Å². The van der Waals surface area contributed by atoms with Crippen molar-refractivity contribution in [2.45, 2.75) is 65.0 Å². The van der Waals surface area contributed by atoms with Gasteiger partial charge in [0.25, 0.3) is 0 Å². The molecule has 1 aromatic heterocycles. The van der Waals surface area contributed by atoms with Crippen molar-refractivity contribution < 1.29 is 9.59 Å². The van der Waals surface area contributed by atoms with Gasteiger partial charge in [-0.25, -0.2) is 9.97 Å². The number of carbonyl (C=O) groups is 2. The molecule has 1 aliphatic heterocycles. The van der Waals surface area contributed by atoms with Crippen LogP contribution in [0.3, 0.4) is 0 Å². The van der Waals surface area contributed by atoms with Crippen LogP contribution in [0.2, 0.25) is 0 Å². The Morgan fingerprint density at radius 3 is 2.80 bits per heavy atom. The first kappa shape index (κ1) is 19.3. The second-order valence-corrected chi connectivity index (χ2v) is 6.92. The highest BCUT2D eigenvalue weighted by Crippen LogP contribution is 2.31. The van der Waals surface area contributed by atoms with E-state index < -0.39 is 5.91 Å². The number of amides is 2. The zero-order chi connectivity index (χ0) is 18.4. The van der Waals surface area contributed by atoms with Crippen molar-refractivity contribution in [3.63, 3.8) is 0 Å². The lowest BCUT2D eigenvalue weighted by atomic mass is 9.96. The van der Waals surface area contributed by atoms with Crippen LogP contribution in [0.15, 0.2) is 6.07 Å². The molecule has 0 radical (unpaired) electrons. The van der Waals surface area contributed by atoms with Gasteiger partial charge < -0.3 is 11.1 Å². The first-order valence-electron chi connectivity index (χ1n) is 9.02. The van der Waals surface area contributed by atoms with E-state index in [1.807, 2.05) is 13.0 Å². The molecular weight excluding hydrogens is 318 g/mol. The topological polar surface area (TPSA) is 101 Å². The Balaban J connectivity index is 2.06. The van der Waals surface area contributed by atoms with E-state index in [-0.39, 0.29) is 18.9 Å². The van der Waals surface area contributed by atoms with Crippen LogP contribution in [0.25, 0.3) is 0 Å². The molecular formula is C18H29N5O2. The van der Waals surface area contributed by atoms with E-state index in [9.17, 15) is 9.59 Å². The maximum absolute atomic E-state index is 11.8. The Morgan fingerprint density at radius 2 is 2.12 bits per heavy atom. The van der Waals surface area contributed by atoms with E-state index in [2.05, 4.69) is 34.0 Å². The highest BCUT2D eigenvalue weighted by Gasteiger charge is 2.27. The van der Waals surface area contributed by atoms with Crippen molar-refractivity contribution in [1.82, 2.24) is 20.2 Å². The number of aryl methyl sites for hydroxylation is 2. The number of piperidine rings is 1. The minimum absolute atomic E-state index is 0.127. The van der Waals surface area contributed by atoms with Gasteiger partial charge in [0.2, 0.25) is 11.8 Å². The molecule has 7 nitrogen and oxygen atoms in total. The van der Waals surface area contributed by atoms with Gasteiger partial charge in [0, 0.05) is 18.2 Å². The van der Waals surface area contributed by atoms with Crippen LogP contribution in [0.5, 0.6) is 0 Å². The summed E-state index contributed by atoms with van der Waals surface area (Å²) in [4.78, 5) is 34.1. The highest BCUT2D eigenvalue weighted by atomic mass is 16.2. The number of aromatic nitrogens is 2. The van der Waals surface area contributed by atoms with Gasteiger partial charge >= 0.3 is 0 Å². The maximum atomic E-state index is 11.8. The van der Waals surface area contributed by atoms with Gasteiger partial charge in [-0.15, -0.1) is 0 Å². The highest BCUT2D eigenvalue weighted by molar-refractivity contribution is 5.83. The largest absolute Gasteiger partial charge is 0.368 e. The van der Waals surface area contributed by atoms with E-state index in [1.54, 1.807) is 0 Å². The van der Waals surface area contributed by atoms with Crippen molar-refractivity contribution in [2.24, 2.45) is 5.73 Å². The van der Waals surface area contributed by atoms with Gasteiger partial charge in [-0.3, -0.25) is 14.5 Å². The van der Waals surface area contributed by atoms with Crippen LogP contribution < -0.4 is 11.1 Å². The van der Waals surface area contributed by atoms with Crippen molar-refractivity contribution in [1.29, 1.82) is 0 Å². The molecule has 1 unspecified atom stereocenters. The summed E-state index contributed by atoms with van der Waals surface area (Å²) in [6, 6.07) is 2.82. The molecule has 2 heterocycles. The molecule has 1 atom stereocenters. The van der Waals surface area contributed by atoms with E-state index in [0.717, 1.165) is 30.2 Å². The van der Waals surface area contributed by atoms with E-state index >= 15 is 0 Å². The Bertz CT molecular complexity index is 617. The van der Waals surface area contributed by atoms with Crippen molar-refractivity contribution >= 4 is 11.8 Å². The first-order valence-corrected chi connectivity index (χ1v) is 9.02. The summed E-state index contributed by atoms with van der Waals surface area (Å²) in [5, 5.41) is 2.50. The number of nitrogens with one attached hydrogen (secondary N) is 1. The fraction of sp³-hybridized carbons (Fsp3) is 0.667. The second kappa shape index (κ2) is 8.89. The number of rotatable bonds is 7. The van der Waals surface area contributed by atoms with Gasteiger partial charge in [0.1, 0.15) is 5.82 Å². The third kappa shape index (κ3) is 5.77. The van der Waals surface area contributed by atoms with Crippen molar-refractivity contribution in [3.05, 3.63) is 23.3 Å². The lowest BCUT2D eigenvalue weighted by Gasteiger charge is -2.38. The average molecular weight is 347 g/mol. The molecule has 1 saturated heterocycles. The van der Waals surface area contributed by atoms with Gasteiger partial charge in [0.05, 0.1) is 18.3 Å². The van der Waals surface area contributed by atoms with Crippen LogP contribution >= 0.6 is 0 Å². The zero-order valence-electron chi connectivity index (χ0n) is 15.4. The van der Waals surface area contributed by atoms with Crippen molar-refractivity contribution in [2.75, 3.05) is 13.1 Å². The Morgan fingerprint density at radius 1 is 1.36 bits per heavy atom. The van der Waals surface area contributed by atoms with Crippen LogP contribution in [-0.4, -0.2) is 45.8 Å². The number of hydrogen-bond acceptors (Lipinski definition) is 5. The molecule has 1 fully saturated rings. The SMILES string of the molecule is Cc1nc(CCC(=O)NCC(N)=O)cc(C2CCCCN2C(C)C)n1. The molecule has 3 N–H and O–H groups in total. The molecule has 25 heavy (non-hydrogen) atoms. The van der Waals surface area contributed by atoms with E-state index in [4.69, 9.17) is 5.73 Å². The molecule has 0 spiro atoms. The average Bonchev–Trinajstić information content (AvgIpc) is 2.57. The summed E-state index contributed by atoms with van der Waals surface area (Å²) < 4.78 is 0. The quantitative estimate of drug-likeness (QED) is 0.773. The molecule has 2 amide bonds. The number of carbonyl (C=O) groups excluding carboxylic acids is 2. The van der Waals surface area contributed by atoms with Gasteiger partial charge in [-0.2, -0.15) is 0 Å². The maximum Gasteiger partial charge on any atom is 0.236 e. The Labute approximate surface area is 149 Å². The summed E-state index contributed by atoms with van der Waals surface area (Å²) in [5.41, 5.74) is 6.94. The van der Waals surface area contributed by atoms with Crippen molar-refractivity contribution in [3.8, 4) is 0 Å². The molecule has 1 aliphatic rings. The third-order valence-electron chi connectivity index (χ3n) is 4.53. The number of hydrogen-bond donors (Lipinski definition) is 2. The summed E-state index contributed by atoms with van der Waals surface area (Å²) in [6.07, 6.45) is 4.34. The minimum atomic E-state index is -0.542. The Hall–Kier alpha value is -2.02. The fourth-order valence-electron chi connectivity index (χ4n) is 3.36.